The van der Waals surface area contributed by atoms with Crippen LogP contribution in [0.3, 0.4) is 0 Å². The van der Waals surface area contributed by atoms with E-state index < -0.39 is 11.9 Å². The molecule has 0 aliphatic heterocycles. The van der Waals surface area contributed by atoms with E-state index >= 15 is 0 Å². The van der Waals surface area contributed by atoms with Crippen LogP contribution in [0.4, 0.5) is 0 Å². The Balaban J connectivity index is 2.30. The number of carbonyl (C=O) groups is 4. The monoisotopic (exact) mass is 699 g/mol. The number of benzene rings is 2. The first-order valence-electron chi connectivity index (χ1n) is 18.4. The van der Waals surface area contributed by atoms with Crippen LogP contribution in [0.25, 0.3) is 16.6 Å². The van der Waals surface area contributed by atoms with Crippen LogP contribution in [0.15, 0.2) is 52.9 Å². The fourth-order valence-corrected chi connectivity index (χ4v) is 5.78. The summed E-state index contributed by atoms with van der Waals surface area (Å²) in [5.41, 5.74) is 4.55. The molecule has 51 heavy (non-hydrogen) atoms. The summed E-state index contributed by atoms with van der Waals surface area (Å²) in [4.78, 5) is 61.7. The number of aromatic nitrogens is 1. The van der Waals surface area contributed by atoms with Gasteiger partial charge in [0.15, 0.2) is 0 Å². The smallest absolute Gasteiger partial charge is 0.318 e. The topological polar surface area (TPSA) is 116 Å². The highest BCUT2D eigenvalue weighted by molar-refractivity contribution is 6.48. The third-order valence-corrected chi connectivity index (χ3v) is 8.87. The van der Waals surface area contributed by atoms with Crippen LogP contribution >= 0.6 is 0 Å². The lowest BCUT2D eigenvalue weighted by Crippen LogP contribution is -2.17. The largest absolute Gasteiger partial charge is 0.331 e. The Morgan fingerprint density at radius 2 is 1.14 bits per heavy atom. The first-order valence-corrected chi connectivity index (χ1v) is 18.4. The average molecular weight is 700 g/mol. The van der Waals surface area contributed by atoms with Crippen LogP contribution < -0.4 is 0 Å². The molecule has 276 valence electrons. The highest BCUT2D eigenvalue weighted by Crippen LogP contribution is 2.34. The molecule has 0 amide bonds. The minimum absolute atomic E-state index is 0.143. The summed E-state index contributed by atoms with van der Waals surface area (Å²) < 4.78 is 1.99. The number of fused-ring (bicyclic) bond motifs is 1. The summed E-state index contributed by atoms with van der Waals surface area (Å²) >= 11 is 0. The van der Waals surface area contributed by atoms with Crippen molar-refractivity contribution in [3.8, 4) is 5.69 Å². The Bertz CT molecular complexity index is 1750. The minimum Gasteiger partial charge on any atom is -0.318 e. The normalized spacial score (nSPS) is 12.7. The molecule has 9 nitrogen and oxygen atoms in total. The molecule has 0 atom stereocenters. The third-order valence-electron chi connectivity index (χ3n) is 8.87. The van der Waals surface area contributed by atoms with E-state index in [2.05, 4.69) is 83.9 Å². The van der Waals surface area contributed by atoms with Gasteiger partial charge in [-0.3, -0.25) is 9.59 Å². The van der Waals surface area contributed by atoms with E-state index in [-0.39, 0.29) is 33.8 Å². The van der Waals surface area contributed by atoms with Crippen LogP contribution in [0, 0.1) is 0 Å². The van der Waals surface area contributed by atoms with Gasteiger partial charge in [0.2, 0.25) is 11.6 Å². The Morgan fingerprint density at radius 3 is 1.59 bits per heavy atom. The van der Waals surface area contributed by atoms with Crippen molar-refractivity contribution in [2.24, 2.45) is 10.3 Å². The van der Waals surface area contributed by atoms with Crippen molar-refractivity contribution < 1.29 is 28.9 Å². The van der Waals surface area contributed by atoms with Gasteiger partial charge in [-0.2, -0.15) is 0 Å². The maximum atomic E-state index is 14.4. The second kappa shape index (κ2) is 18.2. The van der Waals surface area contributed by atoms with Gasteiger partial charge in [-0.15, -0.1) is 0 Å². The van der Waals surface area contributed by atoms with Crippen molar-refractivity contribution in [1.82, 2.24) is 4.57 Å². The van der Waals surface area contributed by atoms with Crippen LogP contribution in [-0.4, -0.2) is 39.5 Å². The molecule has 0 saturated heterocycles. The van der Waals surface area contributed by atoms with E-state index in [1.165, 1.54) is 13.8 Å². The number of ketones is 2. The number of Topliss-reactive ketones (excluding diaryl/α,β-unsaturated/α-hetero) is 2. The maximum absolute atomic E-state index is 14.4. The molecule has 0 fully saturated rings. The van der Waals surface area contributed by atoms with Gasteiger partial charge in [-0.25, -0.2) is 9.59 Å². The SMILES string of the molecule is CCCCCC/C(=N\OC(C)=O)C(=O)c1ccc2c(c1)c(C(=O)/C(CCCCCC)=N/OC(C)=O)cn2-c1cc(C(C)(C)C)cc(C(C)(C)C)c1. The van der Waals surface area contributed by atoms with Gasteiger partial charge in [-0.1, -0.05) is 110 Å². The number of hydrogen-bond donors (Lipinski definition) is 0. The highest BCUT2D eigenvalue weighted by Gasteiger charge is 2.26. The summed E-state index contributed by atoms with van der Waals surface area (Å²) in [7, 11) is 0. The van der Waals surface area contributed by atoms with Gasteiger partial charge in [0.05, 0.1) is 5.52 Å². The molecular weight excluding hydrogens is 642 g/mol. The van der Waals surface area contributed by atoms with E-state index in [1.54, 1.807) is 18.3 Å². The van der Waals surface area contributed by atoms with Crippen molar-refractivity contribution in [2.75, 3.05) is 0 Å². The Morgan fingerprint density at radius 1 is 0.647 bits per heavy atom. The Hall–Kier alpha value is -4.40. The molecule has 0 aliphatic carbocycles. The third kappa shape index (κ3) is 11.6. The molecule has 0 bridgehead atoms. The first kappa shape index (κ1) is 41.0. The van der Waals surface area contributed by atoms with Gasteiger partial charge in [-0.05, 0) is 78.0 Å². The standard InChI is InChI=1S/C42H57N3O6/c1-11-13-15-17-19-36(43-50-28(3)46)39(48)30-21-22-38-34(23-30)35(40(49)37(44-51-29(4)47)20-18-16-14-12-2)27-45(38)33-25-31(41(5,6)7)24-32(26-33)42(8,9)10/h21-27H,11-20H2,1-10H3/b43-36+,44-37+. The zero-order chi connectivity index (χ0) is 37.9. The van der Waals surface area contributed by atoms with Crippen molar-refractivity contribution >= 4 is 45.8 Å². The molecule has 3 rings (SSSR count). The quantitative estimate of drug-likeness (QED) is 0.0455. The fraction of sp³-hybridized carbons (Fsp3) is 0.524. The number of carbonyl (C=O) groups excluding carboxylic acids is 4. The number of rotatable bonds is 17. The van der Waals surface area contributed by atoms with Crippen LogP contribution in [0.2, 0.25) is 0 Å². The van der Waals surface area contributed by atoms with Crippen LogP contribution in [0.5, 0.6) is 0 Å². The summed E-state index contributed by atoms with van der Waals surface area (Å²) in [6, 6.07) is 11.8. The van der Waals surface area contributed by atoms with Gasteiger partial charge in [0, 0.05) is 42.2 Å². The van der Waals surface area contributed by atoms with E-state index in [0.29, 0.717) is 35.8 Å². The molecule has 0 aliphatic rings. The van der Waals surface area contributed by atoms with E-state index in [4.69, 9.17) is 9.68 Å². The van der Waals surface area contributed by atoms with Gasteiger partial charge in [0.1, 0.15) is 11.4 Å². The second-order valence-corrected chi connectivity index (χ2v) is 15.4. The number of hydrogen-bond acceptors (Lipinski definition) is 8. The second-order valence-electron chi connectivity index (χ2n) is 15.4. The van der Waals surface area contributed by atoms with Crippen molar-refractivity contribution in [2.45, 2.75) is 144 Å². The van der Waals surface area contributed by atoms with Gasteiger partial charge >= 0.3 is 11.9 Å². The molecule has 1 aromatic heterocycles. The maximum Gasteiger partial charge on any atom is 0.331 e. The molecule has 0 saturated carbocycles. The van der Waals surface area contributed by atoms with Crippen molar-refractivity contribution in [3.63, 3.8) is 0 Å². The molecule has 0 radical (unpaired) electrons. The molecule has 9 heteroatoms. The molecule has 0 N–H and O–H groups in total. The Kier molecular flexibility index (Phi) is 14.6. The first-order chi connectivity index (χ1) is 24.0. The average Bonchev–Trinajstić information content (AvgIpc) is 3.45. The molecule has 3 aromatic rings. The Labute approximate surface area is 303 Å². The predicted molar refractivity (Wildman–Crippen MR) is 205 cm³/mol. The van der Waals surface area contributed by atoms with Gasteiger partial charge < -0.3 is 14.2 Å². The van der Waals surface area contributed by atoms with Crippen LogP contribution in [-0.2, 0) is 30.1 Å². The molecule has 0 spiro atoms. The fourth-order valence-electron chi connectivity index (χ4n) is 5.78. The summed E-state index contributed by atoms with van der Waals surface area (Å²) in [6.45, 7) is 19.7. The number of nitrogens with zero attached hydrogens (tertiary/aromatic N) is 3. The molecule has 1 heterocycles. The van der Waals surface area contributed by atoms with Crippen LogP contribution in [0.1, 0.15) is 165 Å². The lowest BCUT2D eigenvalue weighted by atomic mass is 9.80. The van der Waals surface area contributed by atoms with E-state index in [1.807, 2.05) is 10.6 Å². The predicted octanol–water partition coefficient (Wildman–Crippen LogP) is 10.4. The summed E-state index contributed by atoms with van der Waals surface area (Å²) in [5.74, 6) is -1.98. The summed E-state index contributed by atoms with van der Waals surface area (Å²) in [5, 5.41) is 8.52. The van der Waals surface area contributed by atoms with Gasteiger partial charge in [0.25, 0.3) is 0 Å². The molecule has 2 aromatic carbocycles. The van der Waals surface area contributed by atoms with Crippen molar-refractivity contribution in [3.05, 3.63) is 64.8 Å². The number of unbranched alkanes of at least 4 members (excludes halogenated alkanes) is 6. The minimum atomic E-state index is -0.614. The van der Waals surface area contributed by atoms with Crippen molar-refractivity contribution in [1.29, 1.82) is 0 Å². The van der Waals surface area contributed by atoms with E-state index in [9.17, 15) is 19.2 Å². The zero-order valence-electron chi connectivity index (χ0n) is 32.4. The summed E-state index contributed by atoms with van der Waals surface area (Å²) in [6.07, 6.45) is 9.81. The number of oxime groups is 2. The molecular formula is C42H57N3O6. The zero-order valence-corrected chi connectivity index (χ0v) is 32.4. The van der Waals surface area contributed by atoms with E-state index in [0.717, 1.165) is 67.3 Å². The lowest BCUT2D eigenvalue weighted by molar-refractivity contribution is -0.141. The highest BCUT2D eigenvalue weighted by atomic mass is 16.7. The molecule has 0 unspecified atom stereocenters. The lowest BCUT2D eigenvalue weighted by Gasteiger charge is -2.26.